The number of carbonyl (C=O) groups excluding carboxylic acids is 1. The van der Waals surface area contributed by atoms with Crippen molar-refractivity contribution in [2.24, 2.45) is 0 Å². The standard InChI is InChI=1S/C13H19BrN2O/c1-9(2)15-8-13(17)16-10(3)11-4-6-12(14)7-5-11/h4-7,9-10,15H,8H2,1-3H3,(H,16,17)/t10-/m0/s1. The van der Waals surface area contributed by atoms with Crippen molar-refractivity contribution in [2.45, 2.75) is 32.9 Å². The predicted molar refractivity (Wildman–Crippen MR) is 73.8 cm³/mol. The SMILES string of the molecule is CC(C)NCC(=O)N[C@@H](C)c1ccc(Br)cc1. The van der Waals surface area contributed by atoms with Gasteiger partial charge in [-0.25, -0.2) is 0 Å². The second-order valence-corrected chi connectivity index (χ2v) is 5.29. The van der Waals surface area contributed by atoms with E-state index in [0.717, 1.165) is 10.0 Å². The maximum atomic E-state index is 11.6. The first-order valence-corrected chi connectivity index (χ1v) is 6.56. The fourth-order valence-corrected chi connectivity index (χ4v) is 1.69. The van der Waals surface area contributed by atoms with Crippen molar-refractivity contribution in [1.82, 2.24) is 10.6 Å². The molecule has 0 saturated carbocycles. The Labute approximate surface area is 111 Å². The van der Waals surface area contributed by atoms with Crippen molar-refractivity contribution in [3.8, 4) is 0 Å². The molecule has 0 saturated heterocycles. The van der Waals surface area contributed by atoms with Crippen LogP contribution in [0.15, 0.2) is 28.7 Å². The summed E-state index contributed by atoms with van der Waals surface area (Å²) >= 11 is 3.39. The van der Waals surface area contributed by atoms with E-state index >= 15 is 0 Å². The van der Waals surface area contributed by atoms with Crippen LogP contribution in [0.5, 0.6) is 0 Å². The van der Waals surface area contributed by atoms with E-state index in [4.69, 9.17) is 0 Å². The molecule has 0 aliphatic carbocycles. The molecular weight excluding hydrogens is 280 g/mol. The van der Waals surface area contributed by atoms with Crippen molar-refractivity contribution in [2.75, 3.05) is 6.54 Å². The summed E-state index contributed by atoms with van der Waals surface area (Å²) in [5.41, 5.74) is 1.10. The normalized spacial score (nSPS) is 12.5. The van der Waals surface area contributed by atoms with Crippen molar-refractivity contribution in [3.63, 3.8) is 0 Å². The molecule has 2 N–H and O–H groups in total. The molecule has 17 heavy (non-hydrogen) atoms. The molecule has 0 fully saturated rings. The van der Waals surface area contributed by atoms with Crippen molar-refractivity contribution < 1.29 is 4.79 Å². The third kappa shape index (κ3) is 5.33. The average molecular weight is 299 g/mol. The lowest BCUT2D eigenvalue weighted by atomic mass is 10.1. The zero-order chi connectivity index (χ0) is 12.8. The van der Waals surface area contributed by atoms with E-state index in [0.29, 0.717) is 12.6 Å². The minimum Gasteiger partial charge on any atom is -0.348 e. The van der Waals surface area contributed by atoms with E-state index in [1.807, 2.05) is 45.0 Å². The zero-order valence-corrected chi connectivity index (χ0v) is 12.0. The number of rotatable bonds is 5. The number of benzene rings is 1. The second-order valence-electron chi connectivity index (χ2n) is 4.38. The minimum absolute atomic E-state index is 0.0223. The van der Waals surface area contributed by atoms with E-state index in [9.17, 15) is 4.79 Å². The lowest BCUT2D eigenvalue weighted by Crippen LogP contribution is -2.37. The molecule has 0 aromatic heterocycles. The summed E-state index contributed by atoms with van der Waals surface area (Å²) in [5, 5.41) is 6.05. The van der Waals surface area contributed by atoms with E-state index in [-0.39, 0.29) is 11.9 Å². The van der Waals surface area contributed by atoms with Crippen LogP contribution in [0.1, 0.15) is 32.4 Å². The third-order valence-electron chi connectivity index (χ3n) is 2.42. The number of halogens is 1. The van der Waals surface area contributed by atoms with Crippen molar-refractivity contribution >= 4 is 21.8 Å². The molecule has 1 aromatic rings. The first-order chi connectivity index (χ1) is 7.99. The van der Waals surface area contributed by atoms with Gasteiger partial charge in [0.15, 0.2) is 0 Å². The smallest absolute Gasteiger partial charge is 0.234 e. The van der Waals surface area contributed by atoms with Gasteiger partial charge in [-0.1, -0.05) is 41.9 Å². The highest BCUT2D eigenvalue weighted by Crippen LogP contribution is 2.16. The lowest BCUT2D eigenvalue weighted by molar-refractivity contribution is -0.121. The van der Waals surface area contributed by atoms with Gasteiger partial charge in [-0.2, -0.15) is 0 Å². The summed E-state index contributed by atoms with van der Waals surface area (Å²) in [6, 6.07) is 8.32. The Hall–Kier alpha value is -0.870. The maximum absolute atomic E-state index is 11.6. The highest BCUT2D eigenvalue weighted by atomic mass is 79.9. The molecule has 4 heteroatoms. The Kier molecular flexibility index (Phi) is 5.65. The fourth-order valence-electron chi connectivity index (χ4n) is 1.42. The Balaban J connectivity index is 2.46. The highest BCUT2D eigenvalue weighted by molar-refractivity contribution is 9.10. The van der Waals surface area contributed by atoms with Gasteiger partial charge in [0.05, 0.1) is 12.6 Å². The Morgan fingerprint density at radius 3 is 2.35 bits per heavy atom. The first-order valence-electron chi connectivity index (χ1n) is 5.77. The fraction of sp³-hybridized carbons (Fsp3) is 0.462. The van der Waals surface area contributed by atoms with Crippen LogP contribution >= 0.6 is 15.9 Å². The largest absolute Gasteiger partial charge is 0.348 e. The Morgan fingerprint density at radius 1 is 1.24 bits per heavy atom. The van der Waals surface area contributed by atoms with Gasteiger partial charge >= 0.3 is 0 Å². The molecule has 0 heterocycles. The molecule has 0 bridgehead atoms. The molecule has 0 aliphatic rings. The summed E-state index contributed by atoms with van der Waals surface area (Å²) in [7, 11) is 0. The van der Waals surface area contributed by atoms with Crippen LogP contribution in [-0.2, 0) is 4.79 Å². The Morgan fingerprint density at radius 2 is 1.82 bits per heavy atom. The summed E-state index contributed by atoms with van der Waals surface area (Å²) in [6.45, 7) is 6.38. The summed E-state index contributed by atoms with van der Waals surface area (Å²) in [4.78, 5) is 11.6. The molecule has 1 atom stereocenters. The van der Waals surface area contributed by atoms with E-state index in [2.05, 4.69) is 26.6 Å². The van der Waals surface area contributed by atoms with Gasteiger partial charge in [-0.05, 0) is 24.6 Å². The van der Waals surface area contributed by atoms with Gasteiger partial charge in [0.1, 0.15) is 0 Å². The van der Waals surface area contributed by atoms with Crippen LogP contribution in [0.25, 0.3) is 0 Å². The molecule has 0 radical (unpaired) electrons. The minimum atomic E-state index is 0.0223. The number of carbonyl (C=O) groups is 1. The topological polar surface area (TPSA) is 41.1 Å². The van der Waals surface area contributed by atoms with Gasteiger partial charge in [-0.15, -0.1) is 0 Å². The number of hydrogen-bond donors (Lipinski definition) is 2. The summed E-state index contributed by atoms with van der Waals surface area (Å²) in [5.74, 6) is 0.0223. The zero-order valence-electron chi connectivity index (χ0n) is 10.5. The second kappa shape index (κ2) is 6.77. The summed E-state index contributed by atoms with van der Waals surface area (Å²) in [6.07, 6.45) is 0. The molecule has 1 amide bonds. The van der Waals surface area contributed by atoms with Crippen LogP contribution in [0, 0.1) is 0 Å². The first kappa shape index (κ1) is 14.2. The quantitative estimate of drug-likeness (QED) is 0.877. The van der Waals surface area contributed by atoms with Crippen molar-refractivity contribution in [3.05, 3.63) is 34.3 Å². The van der Waals surface area contributed by atoms with Gasteiger partial charge in [-0.3, -0.25) is 4.79 Å². The number of amides is 1. The van der Waals surface area contributed by atoms with Gasteiger partial charge < -0.3 is 10.6 Å². The molecule has 0 spiro atoms. The molecular formula is C13H19BrN2O. The molecule has 0 unspecified atom stereocenters. The molecule has 94 valence electrons. The predicted octanol–water partition coefficient (Wildman–Crippen LogP) is 2.62. The van der Waals surface area contributed by atoms with Crippen LogP contribution in [0.3, 0.4) is 0 Å². The van der Waals surface area contributed by atoms with Gasteiger partial charge in [0.25, 0.3) is 0 Å². The van der Waals surface area contributed by atoms with Crippen molar-refractivity contribution in [1.29, 1.82) is 0 Å². The lowest BCUT2D eigenvalue weighted by Gasteiger charge is -2.15. The molecule has 3 nitrogen and oxygen atoms in total. The molecule has 1 aromatic carbocycles. The average Bonchev–Trinajstić information content (AvgIpc) is 2.27. The monoisotopic (exact) mass is 298 g/mol. The highest BCUT2D eigenvalue weighted by Gasteiger charge is 2.09. The van der Waals surface area contributed by atoms with Crippen LogP contribution in [-0.4, -0.2) is 18.5 Å². The molecule has 0 aliphatic heterocycles. The summed E-state index contributed by atoms with van der Waals surface area (Å²) < 4.78 is 1.04. The molecule has 1 rings (SSSR count). The number of hydrogen-bond acceptors (Lipinski definition) is 2. The van der Waals surface area contributed by atoms with E-state index in [1.54, 1.807) is 0 Å². The van der Waals surface area contributed by atoms with Crippen LogP contribution in [0.2, 0.25) is 0 Å². The van der Waals surface area contributed by atoms with Crippen LogP contribution < -0.4 is 10.6 Å². The third-order valence-corrected chi connectivity index (χ3v) is 2.95. The van der Waals surface area contributed by atoms with E-state index < -0.39 is 0 Å². The van der Waals surface area contributed by atoms with Gasteiger partial charge in [0.2, 0.25) is 5.91 Å². The Bertz CT molecular complexity index is 362. The maximum Gasteiger partial charge on any atom is 0.234 e. The van der Waals surface area contributed by atoms with Crippen LogP contribution in [0.4, 0.5) is 0 Å². The number of nitrogens with one attached hydrogen (secondary N) is 2. The van der Waals surface area contributed by atoms with E-state index in [1.165, 1.54) is 0 Å². The van der Waals surface area contributed by atoms with Gasteiger partial charge in [0, 0.05) is 10.5 Å².